The van der Waals surface area contributed by atoms with Gasteiger partial charge in [0.25, 0.3) is 0 Å². The summed E-state index contributed by atoms with van der Waals surface area (Å²) < 4.78 is 0. The first kappa shape index (κ1) is 15.2. The number of hydrogen-bond donors (Lipinski definition) is 2. The van der Waals surface area contributed by atoms with Crippen molar-refractivity contribution in [1.82, 2.24) is 15.1 Å². The molecule has 0 unspecified atom stereocenters. The fourth-order valence-electron chi connectivity index (χ4n) is 1.24. The summed E-state index contributed by atoms with van der Waals surface area (Å²) >= 11 is 0. The smallest absolute Gasteiger partial charge is 0.323 e. The minimum Gasteiger partial charge on any atom is -0.480 e. The molecule has 0 aromatic heterocycles. The number of urea groups is 1. The normalized spacial score (nSPS) is 9.59. The summed E-state index contributed by atoms with van der Waals surface area (Å²) in [5.41, 5.74) is 0. The zero-order chi connectivity index (χ0) is 13.4. The third-order valence-electron chi connectivity index (χ3n) is 2.23. The van der Waals surface area contributed by atoms with E-state index in [-0.39, 0.29) is 12.5 Å². The number of amides is 3. The topological polar surface area (TPSA) is 90.0 Å². The Morgan fingerprint density at radius 2 is 1.71 bits per heavy atom. The van der Waals surface area contributed by atoms with Crippen molar-refractivity contribution in [2.45, 2.75) is 13.8 Å². The van der Waals surface area contributed by atoms with Crippen LogP contribution < -0.4 is 5.32 Å². The van der Waals surface area contributed by atoms with Crippen LogP contribution in [0.2, 0.25) is 0 Å². The Kier molecular flexibility index (Phi) is 6.69. The second-order valence-corrected chi connectivity index (χ2v) is 3.47. The van der Waals surface area contributed by atoms with Crippen molar-refractivity contribution in [2.24, 2.45) is 0 Å². The molecule has 2 N–H and O–H groups in total. The first-order valence-electron chi connectivity index (χ1n) is 5.40. The number of nitrogens with one attached hydrogen (secondary N) is 1. The lowest BCUT2D eigenvalue weighted by atomic mass is 10.4. The number of carboxylic acid groups (broad SMARTS) is 1. The maximum absolute atomic E-state index is 11.6. The summed E-state index contributed by atoms with van der Waals surface area (Å²) in [5, 5.41) is 10.6. The average Bonchev–Trinajstić information content (AvgIpc) is 2.27. The van der Waals surface area contributed by atoms with E-state index in [9.17, 15) is 14.4 Å². The molecule has 0 aromatic rings. The van der Waals surface area contributed by atoms with Gasteiger partial charge in [0.05, 0.1) is 0 Å². The summed E-state index contributed by atoms with van der Waals surface area (Å²) in [7, 11) is 1.44. The fourth-order valence-corrected chi connectivity index (χ4v) is 1.24. The van der Waals surface area contributed by atoms with E-state index < -0.39 is 18.5 Å². The van der Waals surface area contributed by atoms with Crippen LogP contribution in [-0.2, 0) is 9.59 Å². The van der Waals surface area contributed by atoms with Crippen molar-refractivity contribution in [2.75, 3.05) is 33.2 Å². The second kappa shape index (κ2) is 7.48. The highest BCUT2D eigenvalue weighted by Gasteiger charge is 2.16. The second-order valence-electron chi connectivity index (χ2n) is 3.47. The maximum Gasteiger partial charge on any atom is 0.323 e. The van der Waals surface area contributed by atoms with Crippen molar-refractivity contribution < 1.29 is 19.5 Å². The van der Waals surface area contributed by atoms with E-state index in [2.05, 4.69) is 5.32 Å². The van der Waals surface area contributed by atoms with E-state index in [1.165, 1.54) is 7.05 Å². The third kappa shape index (κ3) is 5.74. The Hall–Kier alpha value is -1.79. The van der Waals surface area contributed by atoms with E-state index in [1.807, 2.05) is 13.8 Å². The molecule has 0 aliphatic rings. The molecule has 0 bridgehead atoms. The Bertz CT molecular complexity index is 289. The molecule has 17 heavy (non-hydrogen) atoms. The van der Waals surface area contributed by atoms with Crippen LogP contribution in [-0.4, -0.2) is 66.0 Å². The van der Waals surface area contributed by atoms with Gasteiger partial charge in [-0.3, -0.25) is 9.59 Å². The lowest BCUT2D eigenvalue weighted by molar-refractivity contribution is -0.135. The molecule has 7 nitrogen and oxygen atoms in total. The number of nitrogens with zero attached hydrogens (tertiary/aromatic N) is 2. The lowest BCUT2D eigenvalue weighted by Gasteiger charge is -2.23. The van der Waals surface area contributed by atoms with Crippen LogP contribution in [0.1, 0.15) is 13.8 Å². The summed E-state index contributed by atoms with van der Waals surface area (Å²) in [6, 6.07) is -0.576. The monoisotopic (exact) mass is 245 g/mol. The van der Waals surface area contributed by atoms with E-state index >= 15 is 0 Å². The van der Waals surface area contributed by atoms with Gasteiger partial charge in [-0.2, -0.15) is 0 Å². The van der Waals surface area contributed by atoms with Gasteiger partial charge in [0.15, 0.2) is 0 Å². The van der Waals surface area contributed by atoms with Crippen molar-refractivity contribution >= 4 is 17.9 Å². The van der Waals surface area contributed by atoms with Crippen LogP contribution in [0.15, 0.2) is 0 Å². The fraction of sp³-hybridized carbons (Fsp3) is 0.700. The molecular formula is C10H19N3O4. The number of hydrogen-bond acceptors (Lipinski definition) is 3. The Labute approximate surface area is 100 Å². The standard InChI is InChI=1S/C10H19N3O4/c1-4-13(5-2)8(14)7-12(3)10(17)11-6-9(15)16/h4-7H2,1-3H3,(H,11,17)(H,15,16). The van der Waals surface area contributed by atoms with Crippen molar-refractivity contribution in [3.63, 3.8) is 0 Å². The zero-order valence-corrected chi connectivity index (χ0v) is 10.4. The maximum atomic E-state index is 11.6. The summed E-state index contributed by atoms with van der Waals surface area (Å²) in [6.45, 7) is 4.35. The molecule has 0 heterocycles. The van der Waals surface area contributed by atoms with Crippen LogP contribution in [0.4, 0.5) is 4.79 Å². The van der Waals surface area contributed by atoms with Gasteiger partial charge in [-0.1, -0.05) is 0 Å². The highest BCUT2D eigenvalue weighted by molar-refractivity contribution is 5.85. The predicted molar refractivity (Wildman–Crippen MR) is 61.6 cm³/mol. The molecule has 98 valence electrons. The molecule has 0 saturated carbocycles. The molecular weight excluding hydrogens is 226 g/mol. The van der Waals surface area contributed by atoms with Crippen molar-refractivity contribution in [1.29, 1.82) is 0 Å². The van der Waals surface area contributed by atoms with Crippen LogP contribution in [0.3, 0.4) is 0 Å². The molecule has 7 heteroatoms. The molecule has 0 fully saturated rings. The number of likely N-dealkylation sites (N-methyl/N-ethyl adjacent to an activating group) is 2. The molecule has 0 aliphatic carbocycles. The van der Waals surface area contributed by atoms with Crippen LogP contribution in [0.5, 0.6) is 0 Å². The van der Waals surface area contributed by atoms with E-state index in [0.717, 1.165) is 4.90 Å². The first-order chi connectivity index (χ1) is 7.92. The number of rotatable bonds is 6. The van der Waals surface area contributed by atoms with Crippen LogP contribution >= 0.6 is 0 Å². The molecule has 0 saturated heterocycles. The van der Waals surface area contributed by atoms with Crippen LogP contribution in [0.25, 0.3) is 0 Å². The number of aliphatic carboxylic acids is 1. The first-order valence-corrected chi connectivity index (χ1v) is 5.40. The number of carboxylic acids is 1. The lowest BCUT2D eigenvalue weighted by Crippen LogP contribution is -2.45. The Morgan fingerprint density at radius 1 is 1.18 bits per heavy atom. The molecule has 0 rings (SSSR count). The summed E-state index contributed by atoms with van der Waals surface area (Å²) in [5.74, 6) is -1.29. The van der Waals surface area contributed by atoms with Gasteiger partial charge in [0.2, 0.25) is 5.91 Å². The SMILES string of the molecule is CCN(CC)C(=O)CN(C)C(=O)NCC(=O)O. The van der Waals surface area contributed by atoms with Gasteiger partial charge >= 0.3 is 12.0 Å². The predicted octanol–water partition coefficient (Wildman–Crippen LogP) is -0.419. The summed E-state index contributed by atoms with van der Waals surface area (Å²) in [4.78, 5) is 36.0. The van der Waals surface area contributed by atoms with Gasteiger partial charge in [-0.15, -0.1) is 0 Å². The van der Waals surface area contributed by atoms with E-state index in [0.29, 0.717) is 13.1 Å². The van der Waals surface area contributed by atoms with Crippen molar-refractivity contribution in [3.8, 4) is 0 Å². The van der Waals surface area contributed by atoms with Gasteiger partial charge in [0.1, 0.15) is 13.1 Å². The molecule has 0 radical (unpaired) electrons. The Morgan fingerprint density at radius 3 is 2.12 bits per heavy atom. The molecule has 0 atom stereocenters. The molecule has 0 aromatic carbocycles. The van der Waals surface area contributed by atoms with Gasteiger partial charge in [0, 0.05) is 20.1 Å². The van der Waals surface area contributed by atoms with Gasteiger partial charge < -0.3 is 20.2 Å². The average molecular weight is 245 g/mol. The highest BCUT2D eigenvalue weighted by Crippen LogP contribution is 1.92. The molecule has 0 aliphatic heterocycles. The van der Waals surface area contributed by atoms with E-state index in [1.54, 1.807) is 4.90 Å². The highest BCUT2D eigenvalue weighted by atomic mass is 16.4. The zero-order valence-electron chi connectivity index (χ0n) is 10.4. The van der Waals surface area contributed by atoms with Gasteiger partial charge in [-0.25, -0.2) is 4.79 Å². The summed E-state index contributed by atoms with van der Waals surface area (Å²) in [6.07, 6.45) is 0. The quantitative estimate of drug-likeness (QED) is 0.665. The number of carbonyl (C=O) groups is 3. The largest absolute Gasteiger partial charge is 0.480 e. The van der Waals surface area contributed by atoms with Crippen LogP contribution in [0, 0.1) is 0 Å². The van der Waals surface area contributed by atoms with Gasteiger partial charge in [-0.05, 0) is 13.8 Å². The molecule has 0 spiro atoms. The third-order valence-corrected chi connectivity index (χ3v) is 2.23. The van der Waals surface area contributed by atoms with Crippen molar-refractivity contribution in [3.05, 3.63) is 0 Å². The minimum atomic E-state index is -1.12. The van der Waals surface area contributed by atoms with E-state index in [4.69, 9.17) is 5.11 Å². The minimum absolute atomic E-state index is 0.0624. The molecule has 3 amide bonds. The Balaban J connectivity index is 4.15. The number of carbonyl (C=O) groups excluding carboxylic acids is 2.